The summed E-state index contributed by atoms with van der Waals surface area (Å²) in [7, 11) is 0. The Hall–Kier alpha value is -3.92. The van der Waals surface area contributed by atoms with Crippen LogP contribution in [0.5, 0.6) is 0 Å². The Labute approximate surface area is 253 Å². The Morgan fingerprint density at radius 1 is 0.953 bits per heavy atom. The van der Waals surface area contributed by atoms with Crippen LogP contribution in [0.2, 0.25) is 0 Å². The number of unbranched alkanes of at least 4 members (excludes halogenated alkanes) is 1. The summed E-state index contributed by atoms with van der Waals surface area (Å²) in [5, 5.41) is 0. The van der Waals surface area contributed by atoms with E-state index in [-0.39, 0.29) is 31.8 Å². The van der Waals surface area contributed by atoms with Crippen molar-refractivity contribution < 1.29 is 33.5 Å². The van der Waals surface area contributed by atoms with Crippen LogP contribution in [0.3, 0.4) is 0 Å². The number of esters is 1. The van der Waals surface area contributed by atoms with Crippen LogP contribution in [-0.4, -0.2) is 61.1 Å². The lowest BCUT2D eigenvalue weighted by Gasteiger charge is -2.31. The summed E-state index contributed by atoms with van der Waals surface area (Å²) in [5.41, 5.74) is 5.32. The second kappa shape index (κ2) is 16.6. The van der Waals surface area contributed by atoms with Gasteiger partial charge < -0.3 is 24.1 Å². The van der Waals surface area contributed by atoms with Crippen LogP contribution in [0.25, 0.3) is 0 Å². The number of nitrogens with zero attached hydrogens (tertiary/aromatic N) is 2. The number of benzene rings is 2. The molecule has 10 heteroatoms. The molecule has 0 aromatic heterocycles. The molecule has 1 N–H and O–H groups in total. The highest BCUT2D eigenvalue weighted by atomic mass is 16.7. The molecule has 2 aromatic carbocycles. The van der Waals surface area contributed by atoms with Crippen molar-refractivity contribution in [2.75, 3.05) is 31.1 Å². The van der Waals surface area contributed by atoms with Crippen molar-refractivity contribution in [2.24, 2.45) is 5.92 Å². The van der Waals surface area contributed by atoms with Crippen LogP contribution in [0.1, 0.15) is 69.4 Å². The largest absolute Gasteiger partial charge is 0.465 e. The number of anilines is 1. The molecular weight excluding hydrogens is 550 g/mol. The number of para-hydroxylation sites is 1. The van der Waals surface area contributed by atoms with Gasteiger partial charge in [-0.15, -0.1) is 5.48 Å². The minimum Gasteiger partial charge on any atom is -0.465 e. The van der Waals surface area contributed by atoms with Gasteiger partial charge in [-0.3, -0.25) is 9.59 Å². The van der Waals surface area contributed by atoms with E-state index in [0.29, 0.717) is 31.8 Å². The fraction of sp³-hybridized carbons (Fsp3) is 0.515. The zero-order valence-corrected chi connectivity index (χ0v) is 25.0. The van der Waals surface area contributed by atoms with Crippen LogP contribution in [0.15, 0.2) is 54.6 Å². The normalized spacial score (nSPS) is 16.2. The maximum absolute atomic E-state index is 12.7. The van der Waals surface area contributed by atoms with Crippen molar-refractivity contribution in [3.8, 4) is 0 Å². The molecule has 0 spiro atoms. The van der Waals surface area contributed by atoms with Crippen molar-refractivity contribution >= 4 is 29.6 Å². The van der Waals surface area contributed by atoms with E-state index in [4.69, 9.17) is 14.3 Å². The zero-order valence-electron chi connectivity index (χ0n) is 25.0. The number of carbonyl (C=O) groups is 4. The molecular formula is C33H43N3O7. The van der Waals surface area contributed by atoms with Crippen LogP contribution in [-0.2, 0) is 41.7 Å². The number of hydroxylamine groups is 1. The van der Waals surface area contributed by atoms with Gasteiger partial charge in [0.25, 0.3) is 0 Å². The molecule has 10 nitrogen and oxygen atoms in total. The molecule has 0 radical (unpaired) electrons. The first-order valence-electron chi connectivity index (χ1n) is 15.4. The molecule has 0 unspecified atom stereocenters. The molecule has 2 aliphatic heterocycles. The molecule has 4 rings (SSSR count). The number of carbonyl (C=O) groups excluding carboxylic acids is 4. The molecule has 232 valence electrons. The van der Waals surface area contributed by atoms with Crippen LogP contribution in [0, 0.1) is 5.92 Å². The molecule has 2 amide bonds. The molecule has 0 saturated carbocycles. The third-order valence-electron chi connectivity index (χ3n) is 8.03. The van der Waals surface area contributed by atoms with E-state index in [1.54, 1.807) is 11.8 Å². The monoisotopic (exact) mass is 593 g/mol. The lowest BCUT2D eigenvalue weighted by atomic mass is 9.91. The maximum Gasteiger partial charge on any atom is 0.410 e. The summed E-state index contributed by atoms with van der Waals surface area (Å²) in [5.74, 6) is -0.750. The van der Waals surface area contributed by atoms with E-state index < -0.39 is 18.0 Å². The van der Waals surface area contributed by atoms with Gasteiger partial charge in [-0.2, -0.15) is 0 Å². The number of hydrogen-bond acceptors (Lipinski definition) is 8. The van der Waals surface area contributed by atoms with E-state index in [0.717, 1.165) is 61.8 Å². The Kier molecular flexibility index (Phi) is 12.4. The second-order valence-electron chi connectivity index (χ2n) is 11.1. The average Bonchev–Trinajstić information content (AvgIpc) is 3.18. The standard InChI is InChI=1S/C33H43N3O7/c1-2-41-32(39)28(34-43-31(38)23-36-29-17-9-7-14-27(29)15-10-18-30(36)37)16-8-6-11-25-19-21-35(22-20-25)33(40)42-24-26-12-4-3-5-13-26/h3-5,7,9,12-14,17,25,28,34H,2,6,8,10-11,15-16,18-24H2,1H3/t28-/m0/s1. The molecule has 1 saturated heterocycles. The quantitative estimate of drug-likeness (QED) is 0.150. The third-order valence-corrected chi connectivity index (χ3v) is 8.03. The third kappa shape index (κ3) is 9.81. The summed E-state index contributed by atoms with van der Waals surface area (Å²) in [6.45, 7) is 3.33. The first-order chi connectivity index (χ1) is 20.9. The summed E-state index contributed by atoms with van der Waals surface area (Å²) >= 11 is 0. The maximum atomic E-state index is 12.7. The molecule has 2 aliphatic rings. The molecule has 1 atom stereocenters. The van der Waals surface area contributed by atoms with Crippen LogP contribution < -0.4 is 10.4 Å². The van der Waals surface area contributed by atoms with Gasteiger partial charge in [0.2, 0.25) is 5.91 Å². The van der Waals surface area contributed by atoms with E-state index >= 15 is 0 Å². The highest BCUT2D eigenvalue weighted by Crippen LogP contribution is 2.27. The Morgan fingerprint density at radius 2 is 1.70 bits per heavy atom. The van der Waals surface area contributed by atoms with Crippen LogP contribution in [0.4, 0.5) is 10.5 Å². The summed E-state index contributed by atoms with van der Waals surface area (Å²) in [6.07, 6.45) is 6.48. The van der Waals surface area contributed by atoms with E-state index in [1.165, 1.54) is 4.90 Å². The van der Waals surface area contributed by atoms with Gasteiger partial charge in [0.05, 0.1) is 6.61 Å². The van der Waals surface area contributed by atoms with Crippen LogP contribution >= 0.6 is 0 Å². The highest BCUT2D eigenvalue weighted by Gasteiger charge is 2.27. The lowest BCUT2D eigenvalue weighted by Crippen LogP contribution is -2.43. The Bertz CT molecular complexity index is 1210. The number of likely N-dealkylation sites (tertiary alicyclic amines) is 1. The first-order valence-corrected chi connectivity index (χ1v) is 15.4. The SMILES string of the molecule is CCOC(=O)[C@H](CCCCC1CCN(C(=O)OCc2ccccc2)CC1)NOC(=O)CN1C(=O)CCCc2ccccc21. The van der Waals surface area contributed by atoms with E-state index in [1.807, 2.05) is 54.6 Å². The number of fused-ring (bicyclic) bond motifs is 1. The average molecular weight is 594 g/mol. The smallest absolute Gasteiger partial charge is 0.410 e. The van der Waals surface area contributed by atoms with Crippen molar-refractivity contribution in [3.63, 3.8) is 0 Å². The lowest BCUT2D eigenvalue weighted by molar-refractivity contribution is -0.159. The number of nitrogens with one attached hydrogen (secondary N) is 1. The van der Waals surface area contributed by atoms with Crippen molar-refractivity contribution in [1.82, 2.24) is 10.4 Å². The molecule has 1 fully saturated rings. The van der Waals surface area contributed by atoms with Crippen molar-refractivity contribution in [1.29, 1.82) is 0 Å². The van der Waals surface area contributed by atoms with Crippen molar-refractivity contribution in [3.05, 3.63) is 65.7 Å². The number of rotatable bonds is 13. The summed E-state index contributed by atoms with van der Waals surface area (Å²) in [4.78, 5) is 58.9. The Balaban J connectivity index is 1.17. The van der Waals surface area contributed by atoms with Gasteiger partial charge in [0.1, 0.15) is 19.2 Å². The van der Waals surface area contributed by atoms with Gasteiger partial charge in [0.15, 0.2) is 0 Å². The number of amides is 2. The molecule has 0 bridgehead atoms. The highest BCUT2D eigenvalue weighted by molar-refractivity contribution is 5.98. The minimum atomic E-state index is -0.794. The Morgan fingerprint density at radius 3 is 2.47 bits per heavy atom. The predicted octanol–water partition coefficient (Wildman–Crippen LogP) is 4.94. The first kappa shape index (κ1) is 32.0. The topological polar surface area (TPSA) is 114 Å². The van der Waals surface area contributed by atoms with Crippen molar-refractivity contribution in [2.45, 2.75) is 77.4 Å². The molecule has 43 heavy (non-hydrogen) atoms. The number of ether oxygens (including phenoxy) is 2. The molecule has 2 aromatic rings. The second-order valence-corrected chi connectivity index (χ2v) is 11.1. The number of aryl methyl sites for hydroxylation is 1. The summed E-state index contributed by atoms with van der Waals surface area (Å²) < 4.78 is 10.6. The summed E-state index contributed by atoms with van der Waals surface area (Å²) in [6, 6.07) is 16.4. The van der Waals surface area contributed by atoms with E-state index in [2.05, 4.69) is 5.48 Å². The molecule has 0 aliphatic carbocycles. The van der Waals surface area contributed by atoms with Gasteiger partial charge in [-0.25, -0.2) is 9.59 Å². The van der Waals surface area contributed by atoms with Gasteiger partial charge in [-0.05, 0) is 62.1 Å². The predicted molar refractivity (Wildman–Crippen MR) is 161 cm³/mol. The number of hydrogen-bond donors (Lipinski definition) is 1. The molecule has 2 heterocycles. The van der Waals surface area contributed by atoms with Gasteiger partial charge in [0, 0.05) is 25.2 Å². The van der Waals surface area contributed by atoms with E-state index in [9.17, 15) is 19.2 Å². The number of piperidine rings is 1. The minimum absolute atomic E-state index is 0.126. The van der Waals surface area contributed by atoms with Gasteiger partial charge >= 0.3 is 18.0 Å². The fourth-order valence-corrected chi connectivity index (χ4v) is 5.62. The van der Waals surface area contributed by atoms with Gasteiger partial charge in [-0.1, -0.05) is 67.8 Å². The fourth-order valence-electron chi connectivity index (χ4n) is 5.62. The zero-order chi connectivity index (χ0) is 30.4.